The van der Waals surface area contributed by atoms with Crippen LogP contribution in [0.1, 0.15) is 44.9 Å². The molecule has 166 valence electrons. The molecule has 0 bridgehead atoms. The van der Waals surface area contributed by atoms with Crippen LogP contribution in [0.5, 0.6) is 5.75 Å². The normalized spacial score (nSPS) is 12.8. The van der Waals surface area contributed by atoms with Gasteiger partial charge < -0.3 is 15.0 Å². The molecule has 0 unspecified atom stereocenters. The zero-order valence-electron chi connectivity index (χ0n) is 18.3. The van der Waals surface area contributed by atoms with E-state index in [0.29, 0.717) is 28.4 Å². The van der Waals surface area contributed by atoms with Gasteiger partial charge in [0, 0.05) is 30.9 Å². The number of fused-ring (bicyclic) bond motifs is 1. The third-order valence-electron chi connectivity index (χ3n) is 5.57. The quantitative estimate of drug-likeness (QED) is 0.659. The van der Waals surface area contributed by atoms with Crippen LogP contribution in [0.25, 0.3) is 5.69 Å². The second-order valence-corrected chi connectivity index (χ2v) is 7.94. The van der Waals surface area contributed by atoms with Crippen molar-refractivity contribution in [3.05, 3.63) is 70.8 Å². The number of carbonyl (C=O) groups is 2. The number of carbonyl (C=O) groups excluding carboxylic acids is 2. The summed E-state index contributed by atoms with van der Waals surface area (Å²) in [7, 11) is 4.84. The predicted octanol–water partition coefficient (Wildman–Crippen LogP) is 3.85. The Bertz CT molecular complexity index is 1170. The van der Waals surface area contributed by atoms with E-state index in [1.54, 1.807) is 49.1 Å². The summed E-state index contributed by atoms with van der Waals surface area (Å²) in [5, 5.41) is 7.46. The molecule has 1 N–H and O–H groups in total. The van der Waals surface area contributed by atoms with Gasteiger partial charge in [0.2, 0.25) is 0 Å². The molecule has 0 fully saturated rings. The number of methoxy groups -OCH3 is 1. The minimum absolute atomic E-state index is 0.180. The number of halogens is 1. The lowest BCUT2D eigenvalue weighted by atomic mass is 9.95. The molecule has 3 aromatic rings. The summed E-state index contributed by atoms with van der Waals surface area (Å²) in [6, 6.07) is 11.0. The van der Waals surface area contributed by atoms with Gasteiger partial charge in [0.1, 0.15) is 11.6 Å². The van der Waals surface area contributed by atoms with Crippen LogP contribution in [0.3, 0.4) is 0 Å². The molecule has 0 saturated carbocycles. The molecule has 0 aliphatic heterocycles. The van der Waals surface area contributed by atoms with Gasteiger partial charge in [0.25, 0.3) is 11.8 Å². The first-order valence-electron chi connectivity index (χ1n) is 10.5. The molecular weight excluding hydrogens is 411 g/mol. The van der Waals surface area contributed by atoms with E-state index in [1.807, 2.05) is 0 Å². The third kappa shape index (κ3) is 4.08. The number of ether oxygens (including phenoxy) is 1. The lowest BCUT2D eigenvalue weighted by Gasteiger charge is -2.15. The molecule has 0 atom stereocenters. The zero-order chi connectivity index (χ0) is 22.8. The van der Waals surface area contributed by atoms with Crippen LogP contribution in [0.4, 0.5) is 10.1 Å². The fourth-order valence-electron chi connectivity index (χ4n) is 3.96. The van der Waals surface area contributed by atoms with Gasteiger partial charge >= 0.3 is 0 Å². The average molecular weight is 436 g/mol. The molecule has 0 saturated heterocycles. The van der Waals surface area contributed by atoms with Crippen molar-refractivity contribution in [2.75, 3.05) is 26.5 Å². The number of rotatable bonds is 5. The summed E-state index contributed by atoms with van der Waals surface area (Å²) in [6.07, 6.45) is 3.51. The van der Waals surface area contributed by atoms with Crippen LogP contribution < -0.4 is 10.1 Å². The number of nitrogens with zero attached hydrogens (tertiary/aromatic N) is 3. The fourth-order valence-corrected chi connectivity index (χ4v) is 3.96. The SMILES string of the molecule is COc1ccc(C(=O)N(C)C)cc1NC(=O)c1nn(-c2ccc(F)cc2)c2c1CCCC2. The molecule has 0 radical (unpaired) electrons. The number of anilines is 1. The highest BCUT2D eigenvalue weighted by Gasteiger charge is 2.26. The number of benzene rings is 2. The number of nitrogens with one attached hydrogen (secondary N) is 1. The topological polar surface area (TPSA) is 76.5 Å². The van der Waals surface area contributed by atoms with E-state index in [1.165, 1.54) is 24.1 Å². The minimum Gasteiger partial charge on any atom is -0.495 e. The van der Waals surface area contributed by atoms with Crippen molar-refractivity contribution >= 4 is 17.5 Å². The minimum atomic E-state index is -0.378. The van der Waals surface area contributed by atoms with Crippen molar-refractivity contribution in [2.24, 2.45) is 0 Å². The third-order valence-corrected chi connectivity index (χ3v) is 5.57. The maximum absolute atomic E-state index is 13.4. The summed E-state index contributed by atoms with van der Waals surface area (Å²) in [5.41, 5.74) is 3.74. The van der Waals surface area contributed by atoms with Gasteiger partial charge in [-0.3, -0.25) is 9.59 Å². The molecule has 1 aliphatic carbocycles. The molecule has 0 spiro atoms. The largest absolute Gasteiger partial charge is 0.495 e. The van der Waals surface area contributed by atoms with Crippen molar-refractivity contribution in [3.63, 3.8) is 0 Å². The van der Waals surface area contributed by atoms with Gasteiger partial charge in [-0.25, -0.2) is 9.07 Å². The Labute approximate surface area is 185 Å². The van der Waals surface area contributed by atoms with E-state index >= 15 is 0 Å². The Hall–Kier alpha value is -3.68. The highest BCUT2D eigenvalue weighted by atomic mass is 19.1. The van der Waals surface area contributed by atoms with Crippen LogP contribution >= 0.6 is 0 Å². The summed E-state index contributed by atoms with van der Waals surface area (Å²) >= 11 is 0. The summed E-state index contributed by atoms with van der Waals surface area (Å²) in [5.74, 6) is -0.439. The van der Waals surface area contributed by atoms with Gasteiger partial charge in [0.05, 0.1) is 18.5 Å². The maximum atomic E-state index is 13.4. The number of amides is 2. The molecule has 2 amide bonds. The maximum Gasteiger partial charge on any atom is 0.276 e. The van der Waals surface area contributed by atoms with E-state index < -0.39 is 0 Å². The summed E-state index contributed by atoms with van der Waals surface area (Å²) in [4.78, 5) is 27.1. The van der Waals surface area contributed by atoms with Gasteiger partial charge in [-0.15, -0.1) is 0 Å². The number of aromatic nitrogens is 2. The monoisotopic (exact) mass is 436 g/mol. The Balaban J connectivity index is 1.71. The lowest BCUT2D eigenvalue weighted by Crippen LogP contribution is -2.22. The Kier molecular flexibility index (Phi) is 5.94. The molecule has 1 aliphatic rings. The smallest absolute Gasteiger partial charge is 0.276 e. The first-order valence-corrected chi connectivity index (χ1v) is 10.5. The molecule has 32 heavy (non-hydrogen) atoms. The molecular formula is C24H25FN4O3. The first-order chi connectivity index (χ1) is 15.4. The van der Waals surface area contributed by atoms with Crippen molar-refractivity contribution in [3.8, 4) is 11.4 Å². The highest BCUT2D eigenvalue weighted by molar-refractivity contribution is 6.06. The lowest BCUT2D eigenvalue weighted by molar-refractivity contribution is 0.0827. The van der Waals surface area contributed by atoms with Gasteiger partial charge in [0.15, 0.2) is 5.69 Å². The molecule has 7 nitrogen and oxygen atoms in total. The number of hydrogen-bond acceptors (Lipinski definition) is 4. The molecule has 8 heteroatoms. The van der Waals surface area contributed by atoms with Crippen molar-refractivity contribution in [1.82, 2.24) is 14.7 Å². The predicted molar refractivity (Wildman–Crippen MR) is 119 cm³/mol. The zero-order valence-corrected chi connectivity index (χ0v) is 18.3. The first kappa shape index (κ1) is 21.5. The average Bonchev–Trinajstić information content (AvgIpc) is 3.19. The fraction of sp³-hybridized carbons (Fsp3) is 0.292. The molecule has 1 aromatic heterocycles. The Morgan fingerprint density at radius 3 is 2.50 bits per heavy atom. The van der Waals surface area contributed by atoms with Crippen LogP contribution in [0.2, 0.25) is 0 Å². The second-order valence-electron chi connectivity index (χ2n) is 7.94. The Morgan fingerprint density at radius 1 is 1.09 bits per heavy atom. The molecule has 1 heterocycles. The van der Waals surface area contributed by atoms with Crippen LogP contribution in [-0.2, 0) is 12.8 Å². The van der Waals surface area contributed by atoms with E-state index in [-0.39, 0.29) is 17.6 Å². The molecule has 2 aromatic carbocycles. The van der Waals surface area contributed by atoms with Gasteiger partial charge in [-0.05, 0) is 68.1 Å². The van der Waals surface area contributed by atoms with Gasteiger partial charge in [-0.1, -0.05) is 0 Å². The van der Waals surface area contributed by atoms with Crippen molar-refractivity contribution in [1.29, 1.82) is 0 Å². The van der Waals surface area contributed by atoms with E-state index in [0.717, 1.165) is 36.9 Å². The Morgan fingerprint density at radius 2 is 1.81 bits per heavy atom. The number of hydrogen-bond donors (Lipinski definition) is 1. The van der Waals surface area contributed by atoms with E-state index in [4.69, 9.17) is 4.74 Å². The highest BCUT2D eigenvalue weighted by Crippen LogP contribution is 2.30. The summed E-state index contributed by atoms with van der Waals surface area (Å²) < 4.78 is 20.5. The molecule has 4 rings (SSSR count). The second kappa shape index (κ2) is 8.82. The van der Waals surface area contributed by atoms with Crippen LogP contribution in [-0.4, -0.2) is 47.7 Å². The van der Waals surface area contributed by atoms with E-state index in [2.05, 4.69) is 10.4 Å². The van der Waals surface area contributed by atoms with Crippen molar-refractivity contribution < 1.29 is 18.7 Å². The summed E-state index contributed by atoms with van der Waals surface area (Å²) in [6.45, 7) is 0. The van der Waals surface area contributed by atoms with Crippen molar-refractivity contribution in [2.45, 2.75) is 25.7 Å². The van der Waals surface area contributed by atoms with Crippen LogP contribution in [0, 0.1) is 5.82 Å². The van der Waals surface area contributed by atoms with E-state index in [9.17, 15) is 14.0 Å². The van der Waals surface area contributed by atoms with Gasteiger partial charge in [-0.2, -0.15) is 5.10 Å². The standard InChI is InChI=1S/C24H25FN4O3/c1-28(2)24(31)15-8-13-21(32-3)19(14-15)26-23(30)22-18-6-4-5-7-20(18)29(27-22)17-11-9-16(25)10-12-17/h8-14H,4-7H2,1-3H3,(H,26,30). The van der Waals surface area contributed by atoms with Crippen LogP contribution in [0.15, 0.2) is 42.5 Å².